The molecular formula is C19H28N4O2. The number of aliphatic hydroxyl groups excluding tert-OH is 1. The summed E-state index contributed by atoms with van der Waals surface area (Å²) >= 11 is 0. The molecule has 1 aromatic heterocycles. The first-order valence-corrected chi connectivity index (χ1v) is 8.81. The number of amides is 2. The van der Waals surface area contributed by atoms with Crippen molar-refractivity contribution in [2.75, 3.05) is 11.9 Å². The van der Waals surface area contributed by atoms with Crippen LogP contribution in [0.3, 0.4) is 0 Å². The fourth-order valence-electron chi connectivity index (χ4n) is 2.79. The molecule has 1 heterocycles. The molecule has 2 rings (SSSR count). The van der Waals surface area contributed by atoms with Crippen molar-refractivity contribution in [1.29, 1.82) is 0 Å². The number of aliphatic hydroxyl groups is 1. The lowest BCUT2D eigenvalue weighted by molar-refractivity contribution is 0.237. The lowest BCUT2D eigenvalue weighted by Crippen LogP contribution is -2.38. The number of carbonyl (C=O) groups excluding carboxylic acids is 1. The van der Waals surface area contributed by atoms with Gasteiger partial charge in [-0.3, -0.25) is 0 Å². The van der Waals surface area contributed by atoms with E-state index in [4.69, 9.17) is 5.11 Å². The van der Waals surface area contributed by atoms with Gasteiger partial charge in [0, 0.05) is 43.2 Å². The topological polar surface area (TPSA) is 79.2 Å². The molecule has 0 saturated carbocycles. The zero-order valence-corrected chi connectivity index (χ0v) is 15.2. The van der Waals surface area contributed by atoms with E-state index in [9.17, 15) is 4.79 Å². The maximum atomic E-state index is 12.1. The minimum atomic E-state index is -0.247. The van der Waals surface area contributed by atoms with Crippen LogP contribution < -0.4 is 10.6 Å². The molecule has 1 aromatic carbocycles. The third kappa shape index (κ3) is 5.60. The number of benzene rings is 1. The number of imidazole rings is 1. The first-order chi connectivity index (χ1) is 12.0. The predicted molar refractivity (Wildman–Crippen MR) is 99.8 cm³/mol. The van der Waals surface area contributed by atoms with Crippen LogP contribution in [0, 0.1) is 0 Å². The Bertz CT molecular complexity index is 682. The summed E-state index contributed by atoms with van der Waals surface area (Å²) in [6, 6.07) is 7.54. The van der Waals surface area contributed by atoms with E-state index in [0.717, 1.165) is 23.5 Å². The maximum Gasteiger partial charge on any atom is 0.319 e. The first kappa shape index (κ1) is 19.0. The zero-order chi connectivity index (χ0) is 18.2. The fraction of sp³-hybridized carbons (Fsp3) is 0.474. The molecule has 1 atom stereocenters. The quantitative estimate of drug-likeness (QED) is 0.687. The minimum absolute atomic E-state index is 0.0206. The minimum Gasteiger partial charge on any atom is -0.396 e. The second-order valence-electron chi connectivity index (χ2n) is 6.48. The van der Waals surface area contributed by atoms with Gasteiger partial charge in [-0.25, -0.2) is 9.78 Å². The summed E-state index contributed by atoms with van der Waals surface area (Å²) in [5.41, 5.74) is 1.85. The molecule has 0 radical (unpaired) electrons. The van der Waals surface area contributed by atoms with Crippen molar-refractivity contribution in [2.45, 2.75) is 52.1 Å². The Labute approximate surface area is 149 Å². The van der Waals surface area contributed by atoms with Crippen molar-refractivity contribution in [3.8, 4) is 0 Å². The van der Waals surface area contributed by atoms with E-state index in [-0.39, 0.29) is 18.7 Å². The lowest BCUT2D eigenvalue weighted by atomic mass is 10.1. The Morgan fingerprint density at radius 1 is 1.36 bits per heavy atom. The number of anilines is 1. The van der Waals surface area contributed by atoms with Gasteiger partial charge in [0.25, 0.3) is 0 Å². The molecule has 2 amide bonds. The zero-order valence-electron chi connectivity index (χ0n) is 15.2. The molecule has 0 aliphatic rings. The molecule has 1 unspecified atom stereocenters. The predicted octanol–water partition coefficient (Wildman–Crippen LogP) is 3.34. The van der Waals surface area contributed by atoms with Gasteiger partial charge < -0.3 is 20.3 Å². The van der Waals surface area contributed by atoms with Crippen LogP contribution in [0.15, 0.2) is 36.7 Å². The number of nitrogens with one attached hydrogen (secondary N) is 2. The molecule has 2 aromatic rings. The number of hydrogen-bond donors (Lipinski definition) is 3. The Hall–Kier alpha value is -2.34. The van der Waals surface area contributed by atoms with E-state index in [1.807, 2.05) is 43.6 Å². The molecule has 6 nitrogen and oxygen atoms in total. The van der Waals surface area contributed by atoms with E-state index < -0.39 is 0 Å². The van der Waals surface area contributed by atoms with Crippen LogP contribution in [0.25, 0.3) is 0 Å². The molecule has 0 aliphatic carbocycles. The highest BCUT2D eigenvalue weighted by Crippen LogP contribution is 2.16. The van der Waals surface area contributed by atoms with Gasteiger partial charge in [-0.15, -0.1) is 0 Å². The summed E-state index contributed by atoms with van der Waals surface area (Å²) in [5, 5.41) is 14.8. The molecular weight excluding hydrogens is 316 g/mol. The highest BCUT2D eigenvalue weighted by atomic mass is 16.3. The molecule has 25 heavy (non-hydrogen) atoms. The molecule has 0 spiro atoms. The Balaban J connectivity index is 2.01. The fourth-order valence-corrected chi connectivity index (χ4v) is 2.79. The van der Waals surface area contributed by atoms with Crippen molar-refractivity contribution in [1.82, 2.24) is 14.9 Å². The number of carbonyl (C=O) groups is 1. The van der Waals surface area contributed by atoms with Gasteiger partial charge in [0.1, 0.15) is 5.82 Å². The van der Waals surface area contributed by atoms with Crippen molar-refractivity contribution in [2.24, 2.45) is 0 Å². The largest absolute Gasteiger partial charge is 0.396 e. The van der Waals surface area contributed by atoms with E-state index in [1.165, 1.54) is 0 Å². The van der Waals surface area contributed by atoms with Crippen LogP contribution >= 0.6 is 0 Å². The second kappa shape index (κ2) is 9.22. The van der Waals surface area contributed by atoms with Gasteiger partial charge in [-0.1, -0.05) is 32.9 Å². The smallest absolute Gasteiger partial charge is 0.319 e. The number of hydrogen-bond acceptors (Lipinski definition) is 3. The van der Waals surface area contributed by atoms with Gasteiger partial charge in [-0.2, -0.15) is 0 Å². The van der Waals surface area contributed by atoms with E-state index in [0.29, 0.717) is 18.9 Å². The molecule has 3 N–H and O–H groups in total. The van der Waals surface area contributed by atoms with Gasteiger partial charge in [0.05, 0.1) is 0 Å². The van der Waals surface area contributed by atoms with Gasteiger partial charge in [-0.05, 0) is 30.5 Å². The van der Waals surface area contributed by atoms with Crippen LogP contribution in [-0.2, 0) is 6.54 Å². The normalized spacial score (nSPS) is 12.2. The summed E-state index contributed by atoms with van der Waals surface area (Å²) in [7, 11) is 0. The Morgan fingerprint density at radius 2 is 2.16 bits per heavy atom. The Kier molecular flexibility index (Phi) is 7.01. The van der Waals surface area contributed by atoms with Gasteiger partial charge >= 0.3 is 6.03 Å². The van der Waals surface area contributed by atoms with Crippen LogP contribution in [0.4, 0.5) is 10.5 Å². The number of urea groups is 1. The third-order valence-corrected chi connectivity index (χ3v) is 4.11. The van der Waals surface area contributed by atoms with Crippen LogP contribution in [-0.4, -0.2) is 33.3 Å². The average Bonchev–Trinajstić information content (AvgIpc) is 3.03. The van der Waals surface area contributed by atoms with Crippen molar-refractivity contribution < 1.29 is 9.90 Å². The molecule has 0 aliphatic heterocycles. The standard InChI is InChI=1S/C19H28N4O2/c1-4-16(8-11-24)21-19(25)22-17-7-5-6-15(12-17)13-23-10-9-20-18(23)14(2)3/h5-7,9-10,12,14,16,24H,4,8,11,13H2,1-3H3,(H2,21,22,25). The van der Waals surface area contributed by atoms with Crippen LogP contribution in [0.2, 0.25) is 0 Å². The first-order valence-electron chi connectivity index (χ1n) is 8.81. The lowest BCUT2D eigenvalue weighted by Gasteiger charge is -2.16. The van der Waals surface area contributed by atoms with E-state index >= 15 is 0 Å². The van der Waals surface area contributed by atoms with E-state index in [1.54, 1.807) is 0 Å². The molecule has 136 valence electrons. The summed E-state index contributed by atoms with van der Waals surface area (Å²) in [5.74, 6) is 1.41. The van der Waals surface area contributed by atoms with Crippen LogP contribution in [0.1, 0.15) is 50.9 Å². The second-order valence-corrected chi connectivity index (χ2v) is 6.48. The SMILES string of the molecule is CCC(CCO)NC(=O)Nc1cccc(Cn2ccnc2C(C)C)c1. The number of aromatic nitrogens is 2. The molecule has 0 fully saturated rings. The Morgan fingerprint density at radius 3 is 2.84 bits per heavy atom. The number of nitrogens with zero attached hydrogens (tertiary/aromatic N) is 2. The highest BCUT2D eigenvalue weighted by molar-refractivity contribution is 5.89. The van der Waals surface area contributed by atoms with Crippen LogP contribution in [0.5, 0.6) is 0 Å². The molecule has 0 bridgehead atoms. The number of rotatable bonds is 8. The van der Waals surface area contributed by atoms with E-state index in [2.05, 4.69) is 34.0 Å². The summed E-state index contributed by atoms with van der Waals surface area (Å²) in [6.07, 6.45) is 5.13. The summed E-state index contributed by atoms with van der Waals surface area (Å²) in [4.78, 5) is 16.5. The highest BCUT2D eigenvalue weighted by Gasteiger charge is 2.11. The van der Waals surface area contributed by atoms with Crippen molar-refractivity contribution >= 4 is 11.7 Å². The maximum absolute atomic E-state index is 12.1. The summed E-state index contributed by atoms with van der Waals surface area (Å²) in [6.45, 7) is 7.01. The van der Waals surface area contributed by atoms with Gasteiger partial charge in [0.2, 0.25) is 0 Å². The average molecular weight is 344 g/mol. The summed E-state index contributed by atoms with van der Waals surface area (Å²) < 4.78 is 2.12. The monoisotopic (exact) mass is 344 g/mol. The third-order valence-electron chi connectivity index (χ3n) is 4.11. The molecule has 0 saturated heterocycles. The molecule has 6 heteroatoms. The van der Waals surface area contributed by atoms with Gasteiger partial charge in [0.15, 0.2) is 0 Å². The van der Waals surface area contributed by atoms with Crippen molar-refractivity contribution in [3.05, 3.63) is 48.0 Å². The van der Waals surface area contributed by atoms with Crippen molar-refractivity contribution in [3.63, 3.8) is 0 Å².